The Hall–Kier alpha value is -1.62. The first-order valence-electron chi connectivity index (χ1n) is 7.85. The molecule has 3 heterocycles. The number of rotatable bonds is 4. The van der Waals surface area contributed by atoms with Crippen molar-refractivity contribution in [2.24, 2.45) is 0 Å². The van der Waals surface area contributed by atoms with Gasteiger partial charge in [-0.25, -0.2) is 4.98 Å². The van der Waals surface area contributed by atoms with Crippen LogP contribution in [0.3, 0.4) is 0 Å². The Balaban J connectivity index is 1.59. The molecule has 116 valence electrons. The first kappa shape index (κ1) is 15.3. The summed E-state index contributed by atoms with van der Waals surface area (Å²) in [7, 11) is 0. The molecule has 5 heteroatoms. The summed E-state index contributed by atoms with van der Waals surface area (Å²) in [6, 6.07) is 6.32. The standard InChI is InChI=1S/C17H21BrN4/c18-15-9-16(13-19-12-15)20-10-14-5-6-17(21-11-14)22-7-3-1-2-4-8-22/h5-6,9,11-13,20H,1-4,7-8,10H2. The molecule has 0 unspecified atom stereocenters. The number of hydrogen-bond acceptors (Lipinski definition) is 4. The summed E-state index contributed by atoms with van der Waals surface area (Å²) in [6.07, 6.45) is 10.8. The second-order valence-corrected chi connectivity index (χ2v) is 6.59. The zero-order valence-corrected chi connectivity index (χ0v) is 14.2. The highest BCUT2D eigenvalue weighted by Gasteiger charge is 2.10. The van der Waals surface area contributed by atoms with Gasteiger partial charge in [0.2, 0.25) is 0 Å². The van der Waals surface area contributed by atoms with Crippen LogP contribution in [-0.4, -0.2) is 23.1 Å². The molecule has 4 nitrogen and oxygen atoms in total. The predicted molar refractivity (Wildman–Crippen MR) is 94.2 cm³/mol. The molecule has 0 atom stereocenters. The largest absolute Gasteiger partial charge is 0.380 e. The molecule has 1 N–H and O–H groups in total. The monoisotopic (exact) mass is 360 g/mol. The summed E-state index contributed by atoms with van der Waals surface area (Å²) in [6.45, 7) is 3.02. The first-order valence-corrected chi connectivity index (χ1v) is 8.65. The molecule has 2 aromatic rings. The zero-order valence-electron chi connectivity index (χ0n) is 12.6. The molecule has 2 aromatic heterocycles. The highest BCUT2D eigenvalue weighted by molar-refractivity contribution is 9.10. The van der Waals surface area contributed by atoms with Crippen molar-refractivity contribution >= 4 is 27.4 Å². The van der Waals surface area contributed by atoms with E-state index in [1.54, 1.807) is 6.20 Å². The fourth-order valence-electron chi connectivity index (χ4n) is 2.72. The maximum absolute atomic E-state index is 4.63. The van der Waals surface area contributed by atoms with E-state index in [1.807, 2.05) is 18.5 Å². The van der Waals surface area contributed by atoms with Crippen molar-refractivity contribution in [2.45, 2.75) is 32.2 Å². The molecule has 0 aromatic carbocycles. The minimum Gasteiger partial charge on any atom is -0.380 e. The van der Waals surface area contributed by atoms with Crippen molar-refractivity contribution in [3.63, 3.8) is 0 Å². The molecule has 0 aliphatic carbocycles. The van der Waals surface area contributed by atoms with Crippen LogP contribution >= 0.6 is 15.9 Å². The Kier molecular flexibility index (Phi) is 5.27. The number of nitrogens with one attached hydrogen (secondary N) is 1. The third kappa shape index (κ3) is 4.19. The fourth-order valence-corrected chi connectivity index (χ4v) is 3.09. The van der Waals surface area contributed by atoms with E-state index in [1.165, 1.54) is 31.2 Å². The third-order valence-corrected chi connectivity index (χ3v) is 4.37. The number of anilines is 2. The summed E-state index contributed by atoms with van der Waals surface area (Å²) in [4.78, 5) is 11.2. The Labute approximate surface area is 140 Å². The Bertz CT molecular complexity index is 592. The quantitative estimate of drug-likeness (QED) is 0.885. The second-order valence-electron chi connectivity index (χ2n) is 5.67. The zero-order chi connectivity index (χ0) is 15.2. The predicted octanol–water partition coefficient (Wildman–Crippen LogP) is 4.23. The normalized spacial score (nSPS) is 15.4. The van der Waals surface area contributed by atoms with Crippen molar-refractivity contribution in [3.8, 4) is 0 Å². The van der Waals surface area contributed by atoms with Gasteiger partial charge in [-0.3, -0.25) is 4.98 Å². The SMILES string of the molecule is Brc1cncc(NCc2ccc(N3CCCCCC3)nc2)c1. The Morgan fingerprint density at radius 1 is 1.05 bits per heavy atom. The van der Waals surface area contributed by atoms with Gasteiger partial charge in [-0.1, -0.05) is 18.9 Å². The van der Waals surface area contributed by atoms with Crippen LogP contribution in [0, 0.1) is 0 Å². The van der Waals surface area contributed by atoms with Gasteiger partial charge < -0.3 is 10.2 Å². The molecule has 3 rings (SSSR count). The van der Waals surface area contributed by atoms with Crippen molar-refractivity contribution in [1.29, 1.82) is 0 Å². The van der Waals surface area contributed by atoms with E-state index in [0.717, 1.165) is 35.6 Å². The molecule has 0 saturated carbocycles. The minimum absolute atomic E-state index is 0.755. The van der Waals surface area contributed by atoms with Gasteiger partial charge in [0.1, 0.15) is 5.82 Å². The lowest BCUT2D eigenvalue weighted by molar-refractivity contribution is 0.726. The van der Waals surface area contributed by atoms with Crippen LogP contribution in [0.4, 0.5) is 11.5 Å². The van der Waals surface area contributed by atoms with Gasteiger partial charge in [0.25, 0.3) is 0 Å². The average Bonchev–Trinajstić information content (AvgIpc) is 2.83. The maximum Gasteiger partial charge on any atom is 0.128 e. The highest BCUT2D eigenvalue weighted by atomic mass is 79.9. The van der Waals surface area contributed by atoms with E-state index in [9.17, 15) is 0 Å². The smallest absolute Gasteiger partial charge is 0.128 e. The molecule has 0 radical (unpaired) electrons. The van der Waals surface area contributed by atoms with Crippen LogP contribution in [0.1, 0.15) is 31.2 Å². The van der Waals surface area contributed by atoms with Crippen molar-refractivity contribution in [2.75, 3.05) is 23.3 Å². The number of pyridine rings is 2. The van der Waals surface area contributed by atoms with Crippen molar-refractivity contribution in [3.05, 3.63) is 46.8 Å². The van der Waals surface area contributed by atoms with Gasteiger partial charge in [0, 0.05) is 36.5 Å². The van der Waals surface area contributed by atoms with Crippen LogP contribution in [0.5, 0.6) is 0 Å². The van der Waals surface area contributed by atoms with Crippen LogP contribution in [0.25, 0.3) is 0 Å². The van der Waals surface area contributed by atoms with E-state index >= 15 is 0 Å². The summed E-state index contributed by atoms with van der Waals surface area (Å²) < 4.78 is 0.979. The number of halogens is 1. The topological polar surface area (TPSA) is 41.1 Å². The van der Waals surface area contributed by atoms with Gasteiger partial charge in [-0.2, -0.15) is 0 Å². The van der Waals surface area contributed by atoms with E-state index in [4.69, 9.17) is 0 Å². The highest BCUT2D eigenvalue weighted by Crippen LogP contribution is 2.18. The lowest BCUT2D eigenvalue weighted by Gasteiger charge is -2.21. The van der Waals surface area contributed by atoms with Crippen LogP contribution in [0.2, 0.25) is 0 Å². The van der Waals surface area contributed by atoms with E-state index in [2.05, 4.69) is 48.2 Å². The molecule has 1 aliphatic heterocycles. The molecule has 0 amide bonds. The lowest BCUT2D eigenvalue weighted by atomic mass is 10.2. The molecule has 1 aliphatic rings. The maximum atomic E-state index is 4.63. The van der Waals surface area contributed by atoms with Crippen LogP contribution in [0.15, 0.2) is 41.3 Å². The Morgan fingerprint density at radius 2 is 1.86 bits per heavy atom. The summed E-state index contributed by atoms with van der Waals surface area (Å²) in [5, 5.41) is 3.36. The van der Waals surface area contributed by atoms with E-state index in [-0.39, 0.29) is 0 Å². The second kappa shape index (κ2) is 7.58. The van der Waals surface area contributed by atoms with Gasteiger partial charge in [-0.15, -0.1) is 0 Å². The van der Waals surface area contributed by atoms with Crippen LogP contribution in [-0.2, 0) is 6.54 Å². The van der Waals surface area contributed by atoms with Gasteiger partial charge in [-0.05, 0) is 46.5 Å². The minimum atomic E-state index is 0.755. The van der Waals surface area contributed by atoms with E-state index < -0.39 is 0 Å². The van der Waals surface area contributed by atoms with Crippen molar-refractivity contribution in [1.82, 2.24) is 9.97 Å². The average molecular weight is 361 g/mol. The van der Waals surface area contributed by atoms with Gasteiger partial charge in [0.15, 0.2) is 0 Å². The molecule has 1 saturated heterocycles. The molecular formula is C17H21BrN4. The summed E-state index contributed by atoms with van der Waals surface area (Å²) in [5.74, 6) is 1.11. The van der Waals surface area contributed by atoms with Gasteiger partial charge >= 0.3 is 0 Å². The summed E-state index contributed by atoms with van der Waals surface area (Å²) >= 11 is 3.43. The molecule has 0 bridgehead atoms. The summed E-state index contributed by atoms with van der Waals surface area (Å²) in [5.41, 5.74) is 2.18. The number of nitrogens with zero attached hydrogens (tertiary/aromatic N) is 3. The first-order chi connectivity index (χ1) is 10.8. The fraction of sp³-hybridized carbons (Fsp3) is 0.412. The number of hydrogen-bond donors (Lipinski definition) is 1. The van der Waals surface area contributed by atoms with Crippen LogP contribution < -0.4 is 10.2 Å². The third-order valence-electron chi connectivity index (χ3n) is 3.94. The molecule has 0 spiro atoms. The molecular weight excluding hydrogens is 340 g/mol. The van der Waals surface area contributed by atoms with Crippen molar-refractivity contribution < 1.29 is 0 Å². The molecule has 22 heavy (non-hydrogen) atoms. The van der Waals surface area contributed by atoms with E-state index in [0.29, 0.717) is 0 Å². The van der Waals surface area contributed by atoms with Gasteiger partial charge in [0.05, 0.1) is 11.9 Å². The molecule has 1 fully saturated rings. The Morgan fingerprint density at radius 3 is 2.55 bits per heavy atom. The number of aromatic nitrogens is 2. The lowest BCUT2D eigenvalue weighted by Crippen LogP contribution is -2.24.